The molecule has 0 fully saturated rings. The molecular formula is C12H13BrN2O4. The van der Waals surface area contributed by atoms with Gasteiger partial charge >= 0.3 is 12.0 Å². The summed E-state index contributed by atoms with van der Waals surface area (Å²) in [6.07, 6.45) is 0.101. The summed E-state index contributed by atoms with van der Waals surface area (Å²) in [4.78, 5) is 33.0. The third-order valence-electron chi connectivity index (χ3n) is 2.13. The molecule has 0 aliphatic carbocycles. The fourth-order valence-electron chi connectivity index (χ4n) is 1.32. The van der Waals surface area contributed by atoms with Gasteiger partial charge < -0.3 is 10.4 Å². The van der Waals surface area contributed by atoms with Crippen LogP contribution in [0.15, 0.2) is 28.7 Å². The van der Waals surface area contributed by atoms with Crippen molar-refractivity contribution in [1.29, 1.82) is 0 Å². The van der Waals surface area contributed by atoms with E-state index in [2.05, 4.69) is 26.6 Å². The predicted molar refractivity (Wildman–Crippen MR) is 72.8 cm³/mol. The molecule has 0 unspecified atom stereocenters. The van der Waals surface area contributed by atoms with Crippen molar-refractivity contribution >= 4 is 39.5 Å². The Morgan fingerprint density at radius 1 is 1.21 bits per heavy atom. The molecule has 1 rings (SSSR count). The number of carbonyl (C=O) groups excluding carboxylic acids is 2. The maximum absolute atomic E-state index is 11.5. The molecule has 0 radical (unpaired) electrons. The second-order valence-electron chi connectivity index (χ2n) is 3.76. The summed E-state index contributed by atoms with van der Waals surface area (Å²) < 4.78 is 0.804. The van der Waals surface area contributed by atoms with E-state index in [4.69, 9.17) is 5.11 Å². The topological polar surface area (TPSA) is 95.5 Å². The Balaban J connectivity index is 2.34. The first-order valence-corrected chi connectivity index (χ1v) is 6.35. The molecule has 3 amide bonds. The Labute approximate surface area is 118 Å². The minimum absolute atomic E-state index is 0.00178. The Kier molecular flexibility index (Phi) is 6.01. The molecule has 19 heavy (non-hydrogen) atoms. The quantitative estimate of drug-likeness (QED) is 0.773. The summed E-state index contributed by atoms with van der Waals surface area (Å²) in [5.74, 6) is -1.47. The molecule has 0 bridgehead atoms. The number of aliphatic carboxylic acids is 1. The standard InChI is InChI=1S/C12H13BrN2O4/c13-8-3-1-4-9(7-8)14-12(19)15-10(16)5-2-6-11(17)18/h1,3-4,7H,2,5-6H2,(H,17,18)(H2,14,15,16,19). The molecule has 0 aliphatic rings. The van der Waals surface area contributed by atoms with E-state index in [9.17, 15) is 14.4 Å². The number of hydrogen-bond donors (Lipinski definition) is 3. The van der Waals surface area contributed by atoms with Gasteiger partial charge in [0.05, 0.1) is 0 Å². The van der Waals surface area contributed by atoms with Crippen LogP contribution in [0.3, 0.4) is 0 Å². The lowest BCUT2D eigenvalue weighted by atomic mass is 10.2. The maximum atomic E-state index is 11.5. The van der Waals surface area contributed by atoms with Crippen molar-refractivity contribution in [3.05, 3.63) is 28.7 Å². The number of carboxylic acids is 1. The number of rotatable bonds is 5. The van der Waals surface area contributed by atoms with Crippen LogP contribution < -0.4 is 10.6 Å². The van der Waals surface area contributed by atoms with E-state index in [0.717, 1.165) is 4.47 Å². The predicted octanol–water partition coefficient (Wildman–Crippen LogP) is 2.35. The number of urea groups is 1. The minimum Gasteiger partial charge on any atom is -0.481 e. The first kappa shape index (κ1) is 15.2. The summed E-state index contributed by atoms with van der Waals surface area (Å²) >= 11 is 3.26. The van der Waals surface area contributed by atoms with E-state index < -0.39 is 17.9 Å². The van der Waals surface area contributed by atoms with Gasteiger partial charge in [0.1, 0.15) is 0 Å². The van der Waals surface area contributed by atoms with Crippen LogP contribution in [0.4, 0.5) is 10.5 Å². The number of hydrogen-bond acceptors (Lipinski definition) is 3. The third kappa shape index (κ3) is 6.56. The van der Waals surface area contributed by atoms with Crippen LogP contribution in [0.5, 0.6) is 0 Å². The Hall–Kier alpha value is -1.89. The van der Waals surface area contributed by atoms with Gasteiger partial charge in [0.2, 0.25) is 5.91 Å². The summed E-state index contributed by atoms with van der Waals surface area (Å²) in [5, 5.41) is 13.0. The molecule has 3 N–H and O–H groups in total. The van der Waals surface area contributed by atoms with Gasteiger partial charge in [-0.2, -0.15) is 0 Å². The second kappa shape index (κ2) is 7.52. The number of carbonyl (C=O) groups is 3. The highest BCUT2D eigenvalue weighted by atomic mass is 79.9. The lowest BCUT2D eigenvalue weighted by Gasteiger charge is -2.06. The fraction of sp³-hybridized carbons (Fsp3) is 0.250. The van der Waals surface area contributed by atoms with Crippen LogP contribution >= 0.6 is 15.9 Å². The molecule has 6 nitrogen and oxygen atoms in total. The average molecular weight is 329 g/mol. The molecule has 7 heteroatoms. The highest BCUT2D eigenvalue weighted by Crippen LogP contribution is 2.15. The van der Waals surface area contributed by atoms with Gasteiger partial charge in [-0.25, -0.2) is 4.79 Å². The molecule has 1 aromatic carbocycles. The summed E-state index contributed by atoms with van der Waals surface area (Å²) in [5.41, 5.74) is 0.546. The zero-order chi connectivity index (χ0) is 14.3. The van der Waals surface area contributed by atoms with Crippen LogP contribution in [-0.4, -0.2) is 23.0 Å². The number of carboxylic acid groups (broad SMARTS) is 1. The Morgan fingerprint density at radius 3 is 2.58 bits per heavy atom. The molecule has 0 aromatic heterocycles. The molecule has 0 saturated heterocycles. The van der Waals surface area contributed by atoms with E-state index in [-0.39, 0.29) is 19.3 Å². The number of amides is 3. The van der Waals surface area contributed by atoms with Crippen LogP contribution in [0, 0.1) is 0 Å². The van der Waals surface area contributed by atoms with Crippen molar-refractivity contribution in [2.24, 2.45) is 0 Å². The molecule has 0 saturated carbocycles. The zero-order valence-corrected chi connectivity index (χ0v) is 11.6. The Bertz CT molecular complexity index is 490. The molecule has 0 aliphatic heterocycles. The van der Waals surface area contributed by atoms with Gasteiger partial charge in [-0.1, -0.05) is 22.0 Å². The molecule has 0 heterocycles. The SMILES string of the molecule is O=C(O)CCCC(=O)NC(=O)Nc1cccc(Br)c1. The molecule has 102 valence electrons. The number of anilines is 1. The molecule has 0 spiro atoms. The minimum atomic E-state index is -0.966. The monoisotopic (exact) mass is 328 g/mol. The van der Waals surface area contributed by atoms with Crippen molar-refractivity contribution in [2.75, 3.05) is 5.32 Å². The lowest BCUT2D eigenvalue weighted by molar-refractivity contribution is -0.137. The molecule has 1 aromatic rings. The first-order valence-electron chi connectivity index (χ1n) is 5.55. The normalized spacial score (nSPS) is 9.74. The highest BCUT2D eigenvalue weighted by Gasteiger charge is 2.08. The zero-order valence-electron chi connectivity index (χ0n) is 9.98. The van der Waals surface area contributed by atoms with Gasteiger partial charge in [0, 0.05) is 23.0 Å². The van der Waals surface area contributed by atoms with Gasteiger partial charge in [0.25, 0.3) is 0 Å². The summed E-state index contributed by atoms with van der Waals surface area (Å²) in [6, 6.07) is 6.28. The smallest absolute Gasteiger partial charge is 0.325 e. The third-order valence-corrected chi connectivity index (χ3v) is 2.62. The number of imide groups is 1. The van der Waals surface area contributed by atoms with Crippen LogP contribution in [-0.2, 0) is 9.59 Å². The van der Waals surface area contributed by atoms with E-state index in [0.29, 0.717) is 5.69 Å². The average Bonchev–Trinajstić information content (AvgIpc) is 2.27. The van der Waals surface area contributed by atoms with Crippen LogP contribution in [0.2, 0.25) is 0 Å². The summed E-state index contributed by atoms with van der Waals surface area (Å²) in [6.45, 7) is 0. The van der Waals surface area contributed by atoms with Crippen molar-refractivity contribution < 1.29 is 19.5 Å². The lowest BCUT2D eigenvalue weighted by Crippen LogP contribution is -2.34. The van der Waals surface area contributed by atoms with E-state index in [1.165, 1.54) is 0 Å². The largest absolute Gasteiger partial charge is 0.481 e. The van der Waals surface area contributed by atoms with Crippen molar-refractivity contribution in [1.82, 2.24) is 5.32 Å². The second-order valence-corrected chi connectivity index (χ2v) is 4.68. The Morgan fingerprint density at radius 2 is 1.95 bits per heavy atom. The van der Waals surface area contributed by atoms with Crippen molar-refractivity contribution in [2.45, 2.75) is 19.3 Å². The van der Waals surface area contributed by atoms with Crippen LogP contribution in [0.1, 0.15) is 19.3 Å². The van der Waals surface area contributed by atoms with Crippen LogP contribution in [0.25, 0.3) is 0 Å². The van der Waals surface area contributed by atoms with E-state index in [1.807, 2.05) is 0 Å². The highest BCUT2D eigenvalue weighted by molar-refractivity contribution is 9.10. The number of nitrogens with one attached hydrogen (secondary N) is 2. The van der Waals surface area contributed by atoms with E-state index >= 15 is 0 Å². The first-order chi connectivity index (χ1) is 8.97. The maximum Gasteiger partial charge on any atom is 0.325 e. The van der Waals surface area contributed by atoms with Gasteiger partial charge in [-0.05, 0) is 24.6 Å². The number of halogens is 1. The van der Waals surface area contributed by atoms with Crippen molar-refractivity contribution in [3.8, 4) is 0 Å². The summed E-state index contributed by atoms with van der Waals surface area (Å²) in [7, 11) is 0. The van der Waals surface area contributed by atoms with Gasteiger partial charge in [-0.3, -0.25) is 14.9 Å². The number of benzene rings is 1. The van der Waals surface area contributed by atoms with Gasteiger partial charge in [-0.15, -0.1) is 0 Å². The van der Waals surface area contributed by atoms with Gasteiger partial charge in [0.15, 0.2) is 0 Å². The molecule has 0 atom stereocenters. The van der Waals surface area contributed by atoms with E-state index in [1.54, 1.807) is 24.3 Å². The fourth-order valence-corrected chi connectivity index (χ4v) is 1.72. The molecular weight excluding hydrogens is 316 g/mol. The van der Waals surface area contributed by atoms with Crippen molar-refractivity contribution in [3.63, 3.8) is 0 Å².